The molecule has 4 rings (SSSR count). The van der Waals surface area contributed by atoms with E-state index in [4.69, 9.17) is 87.6 Å². The van der Waals surface area contributed by atoms with Crippen molar-refractivity contribution in [2.45, 2.75) is 99.1 Å². The van der Waals surface area contributed by atoms with E-state index in [9.17, 15) is 24.7 Å². The number of carbonyl (C=O) groups is 4. The molecule has 3 heterocycles. The molecule has 1 aromatic rings. The number of azide groups is 1. The molecule has 0 saturated carbocycles. The Kier molecular flexibility index (Phi) is 13.5. The number of hydrogen-bond acceptors (Lipinski definition) is 16. The van der Waals surface area contributed by atoms with Crippen molar-refractivity contribution in [3.05, 3.63) is 46.3 Å². The van der Waals surface area contributed by atoms with E-state index >= 15 is 0 Å². The highest BCUT2D eigenvalue weighted by Crippen LogP contribution is 2.40. The van der Waals surface area contributed by atoms with E-state index in [0.29, 0.717) is 5.56 Å². The smallest absolute Gasteiger partial charge is 0.303 e. The van der Waals surface area contributed by atoms with Crippen molar-refractivity contribution in [2.75, 3.05) is 13.2 Å². The normalized spacial score (nSPS) is 32.3. The van der Waals surface area contributed by atoms with Gasteiger partial charge in [-0.2, -0.15) is 0 Å². The van der Waals surface area contributed by atoms with Crippen molar-refractivity contribution in [1.29, 1.82) is 5.41 Å². The fraction of sp³-hybridized carbons (Fsp3) is 0.621. The van der Waals surface area contributed by atoms with Crippen LogP contribution in [0.4, 0.5) is 0 Å². The van der Waals surface area contributed by atoms with Crippen molar-refractivity contribution in [3.8, 4) is 0 Å². The average Bonchev–Trinajstić information content (AvgIpc) is 3.03. The van der Waals surface area contributed by atoms with Gasteiger partial charge in [0.2, 0.25) is 12.2 Å². The summed E-state index contributed by atoms with van der Waals surface area (Å²) >= 11 is 17.5. The number of alkyl halides is 3. The van der Waals surface area contributed by atoms with Crippen LogP contribution in [0.15, 0.2) is 35.4 Å². The highest BCUT2D eigenvalue weighted by Gasteiger charge is 2.58. The molecule has 3 fully saturated rings. The number of ether oxygens (including phenoxy) is 10. The molecule has 21 heteroatoms. The molecule has 1 N–H and O–H groups in total. The monoisotopic (exact) mass is 766 g/mol. The largest absolute Gasteiger partial charge is 0.463 e. The molecule has 0 spiro atoms. The molecule has 50 heavy (non-hydrogen) atoms. The first-order valence-electron chi connectivity index (χ1n) is 14.9. The summed E-state index contributed by atoms with van der Waals surface area (Å²) in [5.41, 5.74) is 10.2. The van der Waals surface area contributed by atoms with Gasteiger partial charge in [-0.05, 0) is 5.53 Å². The number of nitrogens with zero attached hydrogens (tertiary/aromatic N) is 3. The van der Waals surface area contributed by atoms with Crippen molar-refractivity contribution in [1.82, 2.24) is 0 Å². The Bertz CT molecular complexity index is 1460. The number of esters is 4. The summed E-state index contributed by atoms with van der Waals surface area (Å²) < 4.78 is 55.4. The van der Waals surface area contributed by atoms with E-state index < -0.39 is 108 Å². The zero-order chi connectivity index (χ0) is 36.7. The van der Waals surface area contributed by atoms with Crippen LogP contribution in [0.1, 0.15) is 39.5 Å². The second-order valence-electron chi connectivity index (χ2n) is 11.0. The first kappa shape index (κ1) is 39.3. The first-order chi connectivity index (χ1) is 23.6. The molecule has 274 valence electrons. The quantitative estimate of drug-likeness (QED) is 0.0526. The van der Waals surface area contributed by atoms with E-state index in [0.717, 1.165) is 27.7 Å². The van der Waals surface area contributed by atoms with E-state index in [2.05, 4.69) is 10.0 Å². The number of halogens is 3. The lowest BCUT2D eigenvalue weighted by Crippen LogP contribution is -2.67. The van der Waals surface area contributed by atoms with Gasteiger partial charge in [0.25, 0.3) is 3.79 Å². The molecule has 0 radical (unpaired) electrons. The first-order valence-corrected chi connectivity index (χ1v) is 16.0. The standard InChI is InChI=1S/C29H33Cl3N4O14/c1-12(37)41-10-17-21(43-13(2)38)23(44-14(3)39)24(45-15(4)40)27(47-17)49-22-19(35-36-34)26(50-28(33)29(30,31)32)46-18-11-42-25(48-20(18)22)16-8-6-5-7-9-16/h5-9,17-27,33H,10-11H2,1-4H3/t17-,18-,19-,20+,21+,22-,23+,24-,25+,26?,27+/m1/s1. The third-order valence-corrected chi connectivity index (χ3v) is 7.81. The maximum atomic E-state index is 12.4. The average molecular weight is 768 g/mol. The predicted molar refractivity (Wildman–Crippen MR) is 168 cm³/mol. The Labute approximate surface area is 299 Å². The number of nitrogens with one attached hydrogen (secondary N) is 1. The van der Waals surface area contributed by atoms with Crippen LogP contribution < -0.4 is 0 Å². The van der Waals surface area contributed by atoms with Gasteiger partial charge in [0.15, 0.2) is 30.9 Å². The summed E-state index contributed by atoms with van der Waals surface area (Å²) in [6, 6.07) is 7.24. The molecule has 11 atom stereocenters. The van der Waals surface area contributed by atoms with Crippen LogP contribution in [0, 0.1) is 5.41 Å². The fourth-order valence-electron chi connectivity index (χ4n) is 5.41. The molecule has 0 amide bonds. The molecule has 0 bridgehead atoms. The molecule has 18 nitrogen and oxygen atoms in total. The zero-order valence-electron chi connectivity index (χ0n) is 26.8. The third-order valence-electron chi connectivity index (χ3n) is 7.29. The van der Waals surface area contributed by atoms with Crippen LogP contribution >= 0.6 is 34.8 Å². The molecule has 3 aliphatic heterocycles. The lowest BCUT2D eigenvalue weighted by Gasteiger charge is -2.50. The second-order valence-corrected chi connectivity index (χ2v) is 13.3. The molecular formula is C29H33Cl3N4O14. The van der Waals surface area contributed by atoms with Gasteiger partial charge in [0.1, 0.15) is 37.1 Å². The minimum atomic E-state index is -2.35. The van der Waals surface area contributed by atoms with Gasteiger partial charge in [0, 0.05) is 38.2 Å². The molecule has 0 aromatic heterocycles. The maximum Gasteiger partial charge on any atom is 0.303 e. The predicted octanol–water partition coefficient (Wildman–Crippen LogP) is 3.34. The number of hydrogen-bond donors (Lipinski definition) is 1. The Morgan fingerprint density at radius 2 is 1.48 bits per heavy atom. The van der Waals surface area contributed by atoms with Crippen LogP contribution in [-0.4, -0.2) is 108 Å². The Balaban J connectivity index is 1.80. The number of rotatable bonds is 10. The number of fused-ring (bicyclic) bond motifs is 1. The summed E-state index contributed by atoms with van der Waals surface area (Å²) in [5, 5.41) is 11.9. The molecule has 1 unspecified atom stereocenters. The summed E-state index contributed by atoms with van der Waals surface area (Å²) in [5.74, 6) is -4.21. The third kappa shape index (κ3) is 10.1. The van der Waals surface area contributed by atoms with Crippen molar-refractivity contribution < 1.29 is 66.5 Å². The van der Waals surface area contributed by atoms with E-state index in [-0.39, 0.29) is 6.61 Å². The minimum absolute atomic E-state index is 0.146. The second kappa shape index (κ2) is 17.2. The molecule has 3 aliphatic rings. The van der Waals surface area contributed by atoms with Crippen molar-refractivity contribution in [3.63, 3.8) is 0 Å². The van der Waals surface area contributed by atoms with Gasteiger partial charge in [-0.15, -0.1) is 0 Å². The van der Waals surface area contributed by atoms with Crippen LogP contribution in [0.5, 0.6) is 0 Å². The lowest BCUT2D eigenvalue weighted by molar-refractivity contribution is -0.371. The van der Waals surface area contributed by atoms with Crippen molar-refractivity contribution in [2.24, 2.45) is 5.11 Å². The van der Waals surface area contributed by atoms with Crippen LogP contribution in [0.3, 0.4) is 0 Å². The van der Waals surface area contributed by atoms with E-state index in [1.54, 1.807) is 30.3 Å². The Morgan fingerprint density at radius 1 is 0.860 bits per heavy atom. The Morgan fingerprint density at radius 3 is 2.06 bits per heavy atom. The SMILES string of the molecule is CC(=O)OC[C@H]1O[C@@H](O[C@H]2[C@H]3O[C@@H](c4ccccc4)OC[C@H]3OC(OC(=N)C(Cl)(Cl)Cl)[C@@H]2N=[N+]=[N-])[C@H](OC(C)=O)[C@@H](OC(C)=O)[C@H]1OC(C)=O. The molecule has 3 saturated heterocycles. The molecule has 0 aliphatic carbocycles. The highest BCUT2D eigenvalue weighted by molar-refractivity contribution is 6.76. The van der Waals surface area contributed by atoms with Crippen molar-refractivity contribution >= 4 is 64.6 Å². The van der Waals surface area contributed by atoms with Crippen LogP contribution in [0.2, 0.25) is 0 Å². The zero-order valence-corrected chi connectivity index (χ0v) is 29.1. The molecule has 1 aromatic carbocycles. The van der Waals surface area contributed by atoms with Gasteiger partial charge in [-0.25, -0.2) is 0 Å². The minimum Gasteiger partial charge on any atom is -0.463 e. The fourth-order valence-corrected chi connectivity index (χ4v) is 5.54. The Hall–Kier alpha value is -3.45. The molecular weight excluding hydrogens is 735 g/mol. The lowest BCUT2D eigenvalue weighted by atomic mass is 9.94. The summed E-state index contributed by atoms with van der Waals surface area (Å²) in [7, 11) is 0. The summed E-state index contributed by atoms with van der Waals surface area (Å²) in [6.07, 6.45) is -14.1. The summed E-state index contributed by atoms with van der Waals surface area (Å²) in [6.45, 7) is 3.63. The van der Waals surface area contributed by atoms with Crippen LogP contribution in [0.25, 0.3) is 10.4 Å². The number of carbonyl (C=O) groups excluding carboxylic acids is 4. The highest BCUT2D eigenvalue weighted by atomic mass is 35.6. The van der Waals surface area contributed by atoms with Gasteiger partial charge in [-0.3, -0.25) is 24.6 Å². The van der Waals surface area contributed by atoms with E-state index in [1.807, 2.05) is 0 Å². The van der Waals surface area contributed by atoms with Gasteiger partial charge in [-0.1, -0.05) is 70.2 Å². The summed E-state index contributed by atoms with van der Waals surface area (Å²) in [4.78, 5) is 51.6. The maximum absolute atomic E-state index is 12.4. The topological polar surface area (TPSA) is 233 Å². The van der Waals surface area contributed by atoms with Crippen LogP contribution in [-0.2, 0) is 66.5 Å². The van der Waals surface area contributed by atoms with Gasteiger partial charge >= 0.3 is 23.9 Å². The number of benzene rings is 1. The van der Waals surface area contributed by atoms with Gasteiger partial charge in [0.05, 0.1) is 6.61 Å². The van der Waals surface area contributed by atoms with E-state index in [1.165, 1.54) is 0 Å². The van der Waals surface area contributed by atoms with Gasteiger partial charge < -0.3 is 47.4 Å².